The van der Waals surface area contributed by atoms with E-state index >= 15 is 0 Å². The maximum Gasteiger partial charge on any atom is 0.171 e. The summed E-state index contributed by atoms with van der Waals surface area (Å²) in [6.45, 7) is 0. The fraction of sp³-hybridized carbons (Fsp3) is 0.273. The lowest BCUT2D eigenvalue weighted by molar-refractivity contribution is 0.00217. The van der Waals surface area contributed by atoms with Crippen LogP contribution in [0.1, 0.15) is 12.0 Å². The number of aliphatic hydroxyl groups is 2. The highest BCUT2D eigenvalue weighted by Crippen LogP contribution is 2.11. The predicted molar refractivity (Wildman–Crippen MR) is 59.8 cm³/mol. The molecule has 0 unspecified atom stereocenters. The molecule has 0 heterocycles. The number of rotatable bonds is 4. The second kappa shape index (κ2) is 5.96. The van der Waals surface area contributed by atoms with Crippen molar-refractivity contribution in [2.45, 2.75) is 19.1 Å². The van der Waals surface area contributed by atoms with Crippen molar-refractivity contribution in [1.29, 1.82) is 0 Å². The summed E-state index contributed by atoms with van der Waals surface area (Å²) >= 11 is 3.37. The molecular formula is C11H13BrO2. The summed E-state index contributed by atoms with van der Waals surface area (Å²) in [6, 6.07) is 8.10. The summed E-state index contributed by atoms with van der Waals surface area (Å²) in [7, 11) is 0. The first-order valence-electron chi connectivity index (χ1n) is 4.46. The third-order valence-corrected chi connectivity index (χ3v) is 2.35. The second-order valence-electron chi connectivity index (χ2n) is 3.01. The van der Waals surface area contributed by atoms with Crippen molar-refractivity contribution in [3.05, 3.63) is 46.5 Å². The molecule has 0 spiro atoms. The van der Waals surface area contributed by atoms with E-state index in [1.165, 1.54) is 11.6 Å². The SMILES string of the molecule is OC(O)/C=C\CCc1ccc(Br)cc1. The zero-order valence-electron chi connectivity index (χ0n) is 7.73. The monoisotopic (exact) mass is 256 g/mol. The van der Waals surface area contributed by atoms with E-state index in [4.69, 9.17) is 10.2 Å². The highest BCUT2D eigenvalue weighted by molar-refractivity contribution is 9.10. The van der Waals surface area contributed by atoms with E-state index < -0.39 is 6.29 Å². The topological polar surface area (TPSA) is 40.5 Å². The zero-order valence-corrected chi connectivity index (χ0v) is 9.31. The van der Waals surface area contributed by atoms with Crippen LogP contribution in [0.5, 0.6) is 0 Å². The molecule has 0 radical (unpaired) electrons. The van der Waals surface area contributed by atoms with Gasteiger partial charge in [0.25, 0.3) is 0 Å². The highest BCUT2D eigenvalue weighted by atomic mass is 79.9. The Hall–Kier alpha value is -0.640. The number of aryl methyl sites for hydroxylation is 1. The maximum atomic E-state index is 8.55. The molecule has 2 N–H and O–H groups in total. The van der Waals surface area contributed by atoms with Gasteiger partial charge in [-0.05, 0) is 36.6 Å². The van der Waals surface area contributed by atoms with E-state index in [9.17, 15) is 0 Å². The number of halogens is 1. The fourth-order valence-corrected chi connectivity index (χ4v) is 1.38. The Morgan fingerprint density at radius 3 is 2.43 bits per heavy atom. The molecule has 0 aliphatic heterocycles. The number of hydrogen-bond donors (Lipinski definition) is 2. The van der Waals surface area contributed by atoms with Gasteiger partial charge in [0.05, 0.1) is 0 Å². The van der Waals surface area contributed by atoms with Crippen LogP contribution in [-0.4, -0.2) is 16.5 Å². The number of hydrogen-bond acceptors (Lipinski definition) is 2. The van der Waals surface area contributed by atoms with Gasteiger partial charge in [0.15, 0.2) is 6.29 Å². The lowest BCUT2D eigenvalue weighted by Crippen LogP contribution is -1.97. The third kappa shape index (κ3) is 4.56. The Morgan fingerprint density at radius 1 is 1.21 bits per heavy atom. The van der Waals surface area contributed by atoms with Gasteiger partial charge in [-0.2, -0.15) is 0 Å². The molecule has 3 heteroatoms. The lowest BCUT2D eigenvalue weighted by Gasteiger charge is -1.98. The van der Waals surface area contributed by atoms with Crippen LogP contribution in [0.2, 0.25) is 0 Å². The molecule has 0 aliphatic carbocycles. The maximum absolute atomic E-state index is 8.55. The number of benzene rings is 1. The predicted octanol–water partition coefficient (Wildman–Crippen LogP) is 2.25. The first kappa shape index (κ1) is 11.4. The van der Waals surface area contributed by atoms with Gasteiger partial charge < -0.3 is 10.2 Å². The Morgan fingerprint density at radius 2 is 1.86 bits per heavy atom. The summed E-state index contributed by atoms with van der Waals surface area (Å²) in [4.78, 5) is 0. The number of aliphatic hydroxyl groups excluding tert-OH is 1. The van der Waals surface area contributed by atoms with Crippen LogP contribution in [0.25, 0.3) is 0 Å². The smallest absolute Gasteiger partial charge is 0.171 e. The van der Waals surface area contributed by atoms with Gasteiger partial charge in [-0.1, -0.05) is 34.1 Å². The average Bonchev–Trinajstić information content (AvgIpc) is 2.15. The van der Waals surface area contributed by atoms with Crippen LogP contribution in [0.3, 0.4) is 0 Å². The van der Waals surface area contributed by atoms with Crippen molar-refractivity contribution in [2.24, 2.45) is 0 Å². The first-order valence-corrected chi connectivity index (χ1v) is 5.25. The minimum Gasteiger partial charge on any atom is -0.365 e. The van der Waals surface area contributed by atoms with Gasteiger partial charge in [-0.15, -0.1) is 0 Å². The molecule has 0 bridgehead atoms. The molecular weight excluding hydrogens is 244 g/mol. The molecule has 14 heavy (non-hydrogen) atoms. The van der Waals surface area contributed by atoms with Crippen LogP contribution in [0.4, 0.5) is 0 Å². The molecule has 1 rings (SSSR count). The van der Waals surface area contributed by atoms with Crippen molar-refractivity contribution in [1.82, 2.24) is 0 Å². The van der Waals surface area contributed by atoms with Crippen molar-refractivity contribution in [2.75, 3.05) is 0 Å². The molecule has 1 aromatic rings. The fourth-order valence-electron chi connectivity index (χ4n) is 1.12. The van der Waals surface area contributed by atoms with E-state index in [1.54, 1.807) is 6.08 Å². The first-order chi connectivity index (χ1) is 6.68. The van der Waals surface area contributed by atoms with Gasteiger partial charge in [0, 0.05) is 4.47 Å². The normalized spacial score (nSPS) is 11.4. The van der Waals surface area contributed by atoms with E-state index in [0.29, 0.717) is 0 Å². The highest BCUT2D eigenvalue weighted by Gasteiger charge is 1.92. The van der Waals surface area contributed by atoms with Crippen molar-refractivity contribution >= 4 is 15.9 Å². The van der Waals surface area contributed by atoms with Crippen molar-refractivity contribution in [3.63, 3.8) is 0 Å². The molecule has 2 nitrogen and oxygen atoms in total. The quantitative estimate of drug-likeness (QED) is 0.641. The molecule has 0 aliphatic rings. The van der Waals surface area contributed by atoms with Gasteiger partial charge in [-0.3, -0.25) is 0 Å². The Balaban J connectivity index is 2.35. The largest absolute Gasteiger partial charge is 0.365 e. The van der Waals surface area contributed by atoms with Gasteiger partial charge in [-0.25, -0.2) is 0 Å². The Kier molecular flexibility index (Phi) is 4.87. The summed E-state index contributed by atoms with van der Waals surface area (Å²) in [6.07, 6.45) is 3.54. The summed E-state index contributed by atoms with van der Waals surface area (Å²) in [5.74, 6) is 0. The van der Waals surface area contributed by atoms with E-state index in [0.717, 1.165) is 17.3 Å². The van der Waals surface area contributed by atoms with Crippen LogP contribution < -0.4 is 0 Å². The summed E-state index contributed by atoms with van der Waals surface area (Å²) in [5, 5.41) is 17.1. The molecule has 0 fully saturated rings. The van der Waals surface area contributed by atoms with Crippen LogP contribution in [0.15, 0.2) is 40.9 Å². The molecule has 76 valence electrons. The number of allylic oxidation sites excluding steroid dienone is 1. The zero-order chi connectivity index (χ0) is 10.4. The van der Waals surface area contributed by atoms with E-state index in [1.807, 2.05) is 24.3 Å². The van der Waals surface area contributed by atoms with Crippen LogP contribution in [-0.2, 0) is 6.42 Å². The minimum absolute atomic E-state index is 0.819. The van der Waals surface area contributed by atoms with Gasteiger partial charge >= 0.3 is 0 Å². The van der Waals surface area contributed by atoms with Crippen molar-refractivity contribution in [3.8, 4) is 0 Å². The molecule has 0 atom stereocenters. The molecule has 0 saturated carbocycles. The molecule has 0 aromatic heterocycles. The third-order valence-electron chi connectivity index (χ3n) is 1.82. The minimum atomic E-state index is -1.33. The molecule has 0 amide bonds. The molecule has 0 saturated heterocycles. The standard InChI is InChI=1S/C11H13BrO2/c12-10-7-5-9(6-8-10)3-1-2-4-11(13)14/h2,4-8,11,13-14H,1,3H2/b4-2-. The van der Waals surface area contributed by atoms with E-state index in [-0.39, 0.29) is 0 Å². The van der Waals surface area contributed by atoms with Crippen LogP contribution >= 0.6 is 15.9 Å². The van der Waals surface area contributed by atoms with Gasteiger partial charge in [0.1, 0.15) is 0 Å². The second-order valence-corrected chi connectivity index (χ2v) is 3.92. The van der Waals surface area contributed by atoms with Crippen molar-refractivity contribution < 1.29 is 10.2 Å². The summed E-state index contributed by atoms with van der Waals surface area (Å²) < 4.78 is 1.07. The molecule has 1 aromatic carbocycles. The average molecular weight is 257 g/mol. The van der Waals surface area contributed by atoms with E-state index in [2.05, 4.69) is 15.9 Å². The Labute approximate surface area is 92.0 Å². The Bertz CT molecular complexity index is 291. The summed E-state index contributed by atoms with van der Waals surface area (Å²) in [5.41, 5.74) is 1.24. The van der Waals surface area contributed by atoms with Crippen LogP contribution in [0, 0.1) is 0 Å². The van der Waals surface area contributed by atoms with Gasteiger partial charge in [0.2, 0.25) is 0 Å². The lowest BCUT2D eigenvalue weighted by atomic mass is 10.1.